The van der Waals surface area contributed by atoms with E-state index in [1.54, 1.807) is 0 Å². The first-order chi connectivity index (χ1) is 10.7. The normalized spacial score (nSPS) is 15.0. The highest BCUT2D eigenvalue weighted by Gasteiger charge is 2.16. The zero-order chi connectivity index (χ0) is 15.4. The van der Waals surface area contributed by atoms with E-state index in [0.717, 1.165) is 32.6 Å². The molecule has 0 aromatic heterocycles. The second-order valence-corrected chi connectivity index (χ2v) is 6.58. The molecule has 3 rings (SSSR count). The second kappa shape index (κ2) is 7.08. The number of rotatable bonds is 4. The van der Waals surface area contributed by atoms with Crippen LogP contribution < -0.4 is 0 Å². The highest BCUT2D eigenvalue weighted by molar-refractivity contribution is 5.37. The molecule has 2 aromatic rings. The van der Waals surface area contributed by atoms with Gasteiger partial charge in [0.2, 0.25) is 0 Å². The summed E-state index contributed by atoms with van der Waals surface area (Å²) < 4.78 is 0. The van der Waals surface area contributed by atoms with Crippen LogP contribution in [0, 0.1) is 0 Å². The smallest absolute Gasteiger partial charge is 0.0240 e. The highest BCUT2D eigenvalue weighted by Crippen LogP contribution is 2.24. The summed E-state index contributed by atoms with van der Waals surface area (Å²) in [6.45, 7) is 4.44. The predicted octanol–water partition coefficient (Wildman–Crippen LogP) is 3.54. The average Bonchev–Trinajstić information content (AvgIpc) is 2.48. The Bertz CT molecular complexity index is 571. The molecule has 22 heavy (non-hydrogen) atoms. The van der Waals surface area contributed by atoms with Crippen molar-refractivity contribution in [1.82, 2.24) is 9.80 Å². The standard InChI is InChI=1S/C20H26N2/c1-21(2)12-7-13-22-15-19-10-5-3-8-17(19)14-18-9-4-6-11-20(18)16-22/h3-6,8-11H,7,12-16H2,1-2H3. The highest BCUT2D eigenvalue weighted by atomic mass is 15.1. The molecule has 0 spiro atoms. The molecule has 0 fully saturated rings. The number of benzene rings is 2. The molecule has 2 heteroatoms. The Labute approximate surface area is 134 Å². The minimum atomic E-state index is 1.07. The van der Waals surface area contributed by atoms with Crippen LogP contribution in [0.15, 0.2) is 48.5 Å². The van der Waals surface area contributed by atoms with Crippen LogP contribution in [0.2, 0.25) is 0 Å². The summed E-state index contributed by atoms with van der Waals surface area (Å²) in [6.07, 6.45) is 2.29. The van der Waals surface area contributed by atoms with E-state index in [-0.39, 0.29) is 0 Å². The first-order valence-electron chi connectivity index (χ1n) is 8.23. The maximum absolute atomic E-state index is 2.60. The van der Waals surface area contributed by atoms with Crippen molar-refractivity contribution in [1.29, 1.82) is 0 Å². The van der Waals surface area contributed by atoms with Gasteiger partial charge in [0.1, 0.15) is 0 Å². The van der Waals surface area contributed by atoms with Crippen LogP contribution in [-0.4, -0.2) is 37.0 Å². The number of hydrogen-bond acceptors (Lipinski definition) is 2. The van der Waals surface area contributed by atoms with Crippen LogP contribution in [0.5, 0.6) is 0 Å². The molecule has 2 aromatic carbocycles. The summed E-state index contributed by atoms with van der Waals surface area (Å²) in [4.78, 5) is 4.87. The summed E-state index contributed by atoms with van der Waals surface area (Å²) in [5.41, 5.74) is 5.93. The van der Waals surface area contributed by atoms with Gasteiger partial charge in [-0.2, -0.15) is 0 Å². The fourth-order valence-corrected chi connectivity index (χ4v) is 3.28. The van der Waals surface area contributed by atoms with Crippen molar-refractivity contribution in [2.24, 2.45) is 0 Å². The Kier molecular flexibility index (Phi) is 4.91. The van der Waals surface area contributed by atoms with Crippen LogP contribution in [0.4, 0.5) is 0 Å². The van der Waals surface area contributed by atoms with Gasteiger partial charge in [-0.15, -0.1) is 0 Å². The number of fused-ring (bicyclic) bond motifs is 2. The molecule has 0 unspecified atom stereocenters. The maximum atomic E-state index is 2.60. The van der Waals surface area contributed by atoms with E-state index in [1.807, 2.05) is 0 Å². The summed E-state index contributed by atoms with van der Waals surface area (Å²) in [7, 11) is 4.30. The van der Waals surface area contributed by atoms with Gasteiger partial charge < -0.3 is 4.90 Å². The fourth-order valence-electron chi connectivity index (χ4n) is 3.28. The first-order valence-corrected chi connectivity index (χ1v) is 8.23. The fraction of sp³-hybridized carbons (Fsp3) is 0.400. The van der Waals surface area contributed by atoms with Crippen molar-refractivity contribution >= 4 is 0 Å². The molecule has 0 saturated heterocycles. The van der Waals surface area contributed by atoms with Gasteiger partial charge in [-0.1, -0.05) is 48.5 Å². The third-order valence-electron chi connectivity index (χ3n) is 4.49. The Morgan fingerprint density at radius 3 is 1.82 bits per heavy atom. The van der Waals surface area contributed by atoms with Gasteiger partial charge in [-0.05, 0) is 55.7 Å². The van der Waals surface area contributed by atoms with Gasteiger partial charge in [-0.25, -0.2) is 0 Å². The SMILES string of the molecule is CN(C)CCCN1Cc2ccccc2Cc2ccccc2C1. The van der Waals surface area contributed by atoms with Gasteiger partial charge in [-0.3, -0.25) is 4.90 Å². The molecule has 0 amide bonds. The summed E-state index contributed by atoms with van der Waals surface area (Å²) in [5.74, 6) is 0. The van der Waals surface area contributed by atoms with Gasteiger partial charge in [0.25, 0.3) is 0 Å². The molecule has 0 bridgehead atoms. The van der Waals surface area contributed by atoms with Crippen LogP contribution in [0.25, 0.3) is 0 Å². The third kappa shape index (κ3) is 3.76. The molecular formula is C20H26N2. The van der Waals surface area contributed by atoms with Gasteiger partial charge in [0, 0.05) is 19.6 Å². The second-order valence-electron chi connectivity index (χ2n) is 6.58. The lowest BCUT2D eigenvalue weighted by atomic mass is 9.93. The lowest BCUT2D eigenvalue weighted by Gasteiger charge is -2.28. The summed E-state index contributed by atoms with van der Waals surface area (Å²) in [5, 5.41) is 0. The monoisotopic (exact) mass is 294 g/mol. The van der Waals surface area contributed by atoms with Crippen LogP contribution in [0.1, 0.15) is 28.7 Å². The summed E-state index contributed by atoms with van der Waals surface area (Å²) >= 11 is 0. The molecular weight excluding hydrogens is 268 g/mol. The van der Waals surface area contributed by atoms with Crippen LogP contribution in [0.3, 0.4) is 0 Å². The van der Waals surface area contributed by atoms with Crippen molar-refractivity contribution in [2.45, 2.75) is 25.9 Å². The third-order valence-corrected chi connectivity index (χ3v) is 4.49. The molecule has 1 aliphatic rings. The van der Waals surface area contributed by atoms with Crippen molar-refractivity contribution in [3.8, 4) is 0 Å². The molecule has 1 aliphatic heterocycles. The van der Waals surface area contributed by atoms with Crippen molar-refractivity contribution < 1.29 is 0 Å². The van der Waals surface area contributed by atoms with Crippen molar-refractivity contribution in [2.75, 3.05) is 27.2 Å². The Balaban J connectivity index is 1.84. The number of nitrogens with zero attached hydrogens (tertiary/aromatic N) is 2. The van der Waals surface area contributed by atoms with E-state index >= 15 is 0 Å². The quantitative estimate of drug-likeness (QED) is 0.851. The van der Waals surface area contributed by atoms with E-state index in [9.17, 15) is 0 Å². The molecule has 0 N–H and O–H groups in total. The van der Waals surface area contributed by atoms with E-state index < -0.39 is 0 Å². The van der Waals surface area contributed by atoms with E-state index in [4.69, 9.17) is 0 Å². The van der Waals surface area contributed by atoms with Crippen LogP contribution in [-0.2, 0) is 19.5 Å². The Morgan fingerprint density at radius 2 is 1.32 bits per heavy atom. The van der Waals surface area contributed by atoms with Gasteiger partial charge in [0.05, 0.1) is 0 Å². The molecule has 0 aliphatic carbocycles. The van der Waals surface area contributed by atoms with E-state index in [0.29, 0.717) is 0 Å². The molecule has 0 saturated carbocycles. The van der Waals surface area contributed by atoms with E-state index in [2.05, 4.69) is 72.4 Å². The topological polar surface area (TPSA) is 6.48 Å². The largest absolute Gasteiger partial charge is 0.309 e. The van der Waals surface area contributed by atoms with Crippen molar-refractivity contribution in [3.05, 3.63) is 70.8 Å². The first kappa shape index (κ1) is 15.3. The average molecular weight is 294 g/mol. The summed E-state index contributed by atoms with van der Waals surface area (Å²) in [6, 6.07) is 17.8. The molecule has 0 atom stereocenters. The minimum Gasteiger partial charge on any atom is -0.309 e. The molecule has 116 valence electrons. The van der Waals surface area contributed by atoms with E-state index in [1.165, 1.54) is 28.7 Å². The predicted molar refractivity (Wildman–Crippen MR) is 93.0 cm³/mol. The Hall–Kier alpha value is -1.64. The zero-order valence-corrected chi connectivity index (χ0v) is 13.8. The van der Waals surface area contributed by atoms with Crippen molar-refractivity contribution in [3.63, 3.8) is 0 Å². The van der Waals surface area contributed by atoms with Gasteiger partial charge >= 0.3 is 0 Å². The lowest BCUT2D eigenvalue weighted by molar-refractivity contribution is 0.237. The zero-order valence-electron chi connectivity index (χ0n) is 13.8. The van der Waals surface area contributed by atoms with Gasteiger partial charge in [0.15, 0.2) is 0 Å². The Morgan fingerprint density at radius 1 is 0.818 bits per heavy atom. The molecule has 2 nitrogen and oxygen atoms in total. The van der Waals surface area contributed by atoms with Crippen LogP contribution >= 0.6 is 0 Å². The minimum absolute atomic E-state index is 1.07. The number of hydrogen-bond donors (Lipinski definition) is 0. The lowest BCUT2D eigenvalue weighted by Crippen LogP contribution is -2.28. The molecule has 1 heterocycles. The molecule has 0 radical (unpaired) electrons. The maximum Gasteiger partial charge on any atom is 0.0240 e.